The summed E-state index contributed by atoms with van der Waals surface area (Å²) in [6, 6.07) is 14.8. The molecule has 2 atom stereocenters. The Balaban J connectivity index is 1.11. The lowest BCUT2D eigenvalue weighted by Crippen LogP contribution is -2.36. The predicted octanol–water partition coefficient (Wildman–Crippen LogP) is 9.06. The Morgan fingerprint density at radius 2 is 1.41 bits per heavy atom. The number of H-pyrrole nitrogens is 2. The molecule has 2 N–H and O–H groups in total. The second kappa shape index (κ2) is 12.2. The molecule has 7 rings (SSSR count). The summed E-state index contributed by atoms with van der Waals surface area (Å²) in [4.78, 5) is 45.4. The van der Waals surface area contributed by atoms with Crippen LogP contribution < -0.4 is 0 Å². The molecule has 2 aromatic heterocycles. The third-order valence-corrected chi connectivity index (χ3v) is 9.07. The number of aromatic amines is 2. The largest absolute Gasteiger partial charge is 0.444 e. The summed E-state index contributed by atoms with van der Waals surface area (Å²) in [6.07, 6.45) is 4.22. The minimum atomic E-state index is -0.592. The lowest BCUT2D eigenvalue weighted by Gasteiger charge is -2.27. The van der Waals surface area contributed by atoms with E-state index >= 15 is 4.39 Å². The number of nitrogens with zero attached hydrogens (tertiary/aromatic N) is 4. The van der Waals surface area contributed by atoms with Gasteiger partial charge in [-0.05, 0) is 108 Å². The second-order valence-corrected chi connectivity index (χ2v) is 15.1. The number of halogens is 1. The Kier molecular flexibility index (Phi) is 8.11. The number of hydrogen-bond donors (Lipinski definition) is 2. The molecule has 2 amide bonds. The summed E-state index contributed by atoms with van der Waals surface area (Å²) in [7, 11) is 0. The van der Waals surface area contributed by atoms with E-state index in [4.69, 9.17) is 14.5 Å². The number of hydrogen-bond acceptors (Lipinski definition) is 6. The lowest BCUT2D eigenvalue weighted by molar-refractivity contribution is 0.0208. The van der Waals surface area contributed by atoms with Crippen LogP contribution in [0.4, 0.5) is 14.0 Å². The van der Waals surface area contributed by atoms with Crippen molar-refractivity contribution in [3.63, 3.8) is 0 Å². The average Bonchev–Trinajstić information content (AvgIpc) is 3.84. The van der Waals surface area contributed by atoms with Crippen molar-refractivity contribution < 1.29 is 23.5 Å². The zero-order valence-corrected chi connectivity index (χ0v) is 28.9. The van der Waals surface area contributed by atoms with Crippen molar-refractivity contribution >= 4 is 34.0 Å². The number of fused-ring (bicyclic) bond motifs is 3. The van der Waals surface area contributed by atoms with Gasteiger partial charge in [0.25, 0.3) is 0 Å². The Labute approximate surface area is 285 Å². The third kappa shape index (κ3) is 6.58. The van der Waals surface area contributed by atoms with Crippen LogP contribution in [0.1, 0.15) is 91.0 Å². The molecule has 0 bridgehead atoms. The number of rotatable bonds is 4. The maximum atomic E-state index is 15.7. The normalized spacial score (nSPS) is 18.5. The summed E-state index contributed by atoms with van der Waals surface area (Å²) in [6.45, 7) is 12.4. The highest BCUT2D eigenvalue weighted by atomic mass is 19.1. The van der Waals surface area contributed by atoms with Crippen LogP contribution in [0, 0.1) is 5.82 Å². The Morgan fingerprint density at radius 3 is 2.04 bits per heavy atom. The monoisotopic (exact) mass is 666 g/mol. The van der Waals surface area contributed by atoms with Gasteiger partial charge in [0.15, 0.2) is 0 Å². The Morgan fingerprint density at radius 1 is 0.796 bits per heavy atom. The van der Waals surface area contributed by atoms with Crippen LogP contribution >= 0.6 is 0 Å². The minimum absolute atomic E-state index is 0.175. The summed E-state index contributed by atoms with van der Waals surface area (Å²) in [5.41, 5.74) is 3.15. The SMILES string of the molecule is CC(C)(C)OC(=O)N1CCC[C@H]1c1ncc(-c2ccc(-c3ccc4c(ccc5[nH]c([C@@H]6CCCN6C(=O)OC(C)(C)C)nc54)c3)cc2F)[nH]1. The van der Waals surface area contributed by atoms with E-state index in [1.165, 1.54) is 6.07 Å². The van der Waals surface area contributed by atoms with Crippen LogP contribution in [-0.2, 0) is 9.47 Å². The molecule has 2 aliphatic heterocycles. The van der Waals surface area contributed by atoms with Crippen LogP contribution in [-0.4, -0.2) is 66.2 Å². The van der Waals surface area contributed by atoms with Crippen molar-refractivity contribution in [2.75, 3.05) is 13.1 Å². The van der Waals surface area contributed by atoms with E-state index in [-0.39, 0.29) is 30.1 Å². The first-order chi connectivity index (χ1) is 23.2. The molecule has 5 aromatic rings. The average molecular weight is 667 g/mol. The number of carbonyl (C=O) groups excluding carboxylic acids is 2. The standard InChI is InChI=1S/C38H43FN6O4/c1-37(2,3)48-35(46)44-17-7-9-30(44)33-40-21-29(42-33)26-15-12-23(20-27(26)39)22-11-14-25-24(19-22)13-16-28-32(25)43-34(41-28)31-10-8-18-45(31)36(47)49-38(4,5)6/h11-16,19-21,30-31H,7-10,17-18H2,1-6H3,(H,40,42)(H,41,43)/t30-,31-/m0/s1. The molecule has 2 aliphatic rings. The number of benzene rings is 3. The number of nitrogens with one attached hydrogen (secondary N) is 2. The maximum absolute atomic E-state index is 15.7. The maximum Gasteiger partial charge on any atom is 0.410 e. The highest BCUT2D eigenvalue weighted by molar-refractivity contribution is 6.05. The molecule has 4 heterocycles. The fourth-order valence-electron chi connectivity index (χ4n) is 6.89. The number of imidazole rings is 2. The van der Waals surface area contributed by atoms with E-state index in [2.05, 4.69) is 15.0 Å². The van der Waals surface area contributed by atoms with E-state index in [1.807, 2.05) is 77.9 Å². The number of carbonyl (C=O) groups is 2. The zero-order chi connectivity index (χ0) is 34.7. The van der Waals surface area contributed by atoms with Gasteiger partial charge in [-0.15, -0.1) is 0 Å². The molecule has 0 spiro atoms. The number of likely N-dealkylation sites (tertiary alicyclic amines) is 2. The van der Waals surface area contributed by atoms with Crippen molar-refractivity contribution in [3.05, 3.63) is 72.2 Å². The molecule has 2 saturated heterocycles. The lowest BCUT2D eigenvalue weighted by atomic mass is 9.99. The first kappa shape index (κ1) is 32.6. The summed E-state index contributed by atoms with van der Waals surface area (Å²) >= 11 is 0. The number of ether oxygens (including phenoxy) is 2. The van der Waals surface area contributed by atoms with E-state index in [9.17, 15) is 9.59 Å². The molecule has 0 aliphatic carbocycles. The van der Waals surface area contributed by atoms with Gasteiger partial charge < -0.3 is 19.4 Å². The first-order valence-electron chi connectivity index (χ1n) is 17.0. The quantitative estimate of drug-likeness (QED) is 0.198. The van der Waals surface area contributed by atoms with Crippen LogP contribution in [0.5, 0.6) is 0 Å². The van der Waals surface area contributed by atoms with Crippen molar-refractivity contribution in [1.29, 1.82) is 0 Å². The van der Waals surface area contributed by atoms with Crippen LogP contribution in [0.25, 0.3) is 44.2 Å². The van der Waals surface area contributed by atoms with E-state index in [0.29, 0.717) is 30.2 Å². The molecule has 0 unspecified atom stereocenters. The van der Waals surface area contributed by atoms with Crippen LogP contribution in [0.3, 0.4) is 0 Å². The number of amides is 2. The van der Waals surface area contributed by atoms with Gasteiger partial charge in [-0.3, -0.25) is 9.80 Å². The predicted molar refractivity (Wildman–Crippen MR) is 186 cm³/mol. The van der Waals surface area contributed by atoms with Gasteiger partial charge in [0, 0.05) is 24.0 Å². The summed E-state index contributed by atoms with van der Waals surface area (Å²) in [5, 5.41) is 1.95. The molecular weight excluding hydrogens is 623 g/mol. The molecule has 10 nitrogen and oxygen atoms in total. The van der Waals surface area contributed by atoms with Gasteiger partial charge in [0.1, 0.15) is 28.7 Å². The van der Waals surface area contributed by atoms with Crippen molar-refractivity contribution in [2.45, 2.75) is 90.5 Å². The Bertz CT molecular complexity index is 2050. The van der Waals surface area contributed by atoms with Gasteiger partial charge >= 0.3 is 12.2 Å². The molecule has 0 saturated carbocycles. The van der Waals surface area contributed by atoms with Gasteiger partial charge in [-0.1, -0.05) is 24.3 Å². The van der Waals surface area contributed by atoms with Gasteiger partial charge in [-0.2, -0.15) is 0 Å². The second-order valence-electron chi connectivity index (χ2n) is 15.1. The fourth-order valence-corrected chi connectivity index (χ4v) is 6.89. The Hall–Kier alpha value is -4.93. The summed E-state index contributed by atoms with van der Waals surface area (Å²) < 4.78 is 26.9. The van der Waals surface area contributed by atoms with Gasteiger partial charge in [0.05, 0.1) is 35.0 Å². The third-order valence-electron chi connectivity index (χ3n) is 9.07. The van der Waals surface area contributed by atoms with Crippen molar-refractivity contribution in [2.24, 2.45) is 0 Å². The molecule has 256 valence electrons. The van der Waals surface area contributed by atoms with E-state index < -0.39 is 11.2 Å². The van der Waals surface area contributed by atoms with Crippen molar-refractivity contribution in [1.82, 2.24) is 29.7 Å². The molecule has 49 heavy (non-hydrogen) atoms. The number of aromatic nitrogens is 4. The molecule has 3 aromatic carbocycles. The highest BCUT2D eigenvalue weighted by Gasteiger charge is 2.36. The summed E-state index contributed by atoms with van der Waals surface area (Å²) in [5.74, 6) is 0.997. The fraction of sp³-hybridized carbons (Fsp3) is 0.421. The first-order valence-corrected chi connectivity index (χ1v) is 17.0. The van der Waals surface area contributed by atoms with Crippen molar-refractivity contribution in [3.8, 4) is 22.4 Å². The molecular formula is C38H43FN6O4. The topological polar surface area (TPSA) is 116 Å². The van der Waals surface area contributed by atoms with E-state index in [1.54, 1.807) is 22.1 Å². The van der Waals surface area contributed by atoms with Gasteiger partial charge in [-0.25, -0.2) is 23.9 Å². The van der Waals surface area contributed by atoms with Crippen LogP contribution in [0.15, 0.2) is 54.7 Å². The smallest absolute Gasteiger partial charge is 0.410 e. The highest BCUT2D eigenvalue weighted by Crippen LogP contribution is 2.37. The van der Waals surface area contributed by atoms with Gasteiger partial charge in [0.2, 0.25) is 0 Å². The zero-order valence-electron chi connectivity index (χ0n) is 28.9. The minimum Gasteiger partial charge on any atom is -0.444 e. The van der Waals surface area contributed by atoms with E-state index in [0.717, 1.165) is 64.4 Å². The molecule has 0 radical (unpaired) electrons. The molecule has 11 heteroatoms. The van der Waals surface area contributed by atoms with Crippen LogP contribution in [0.2, 0.25) is 0 Å². The molecule has 2 fully saturated rings.